The number of hydrogen-bond donors (Lipinski definition) is 1. The molecule has 0 amide bonds. The zero-order valence-electron chi connectivity index (χ0n) is 8.08. The molecular weight excluding hydrogens is 199 g/mol. The van der Waals surface area contributed by atoms with Crippen molar-refractivity contribution in [1.82, 2.24) is 0 Å². The molecule has 0 saturated heterocycles. The molecule has 0 heterocycles. The Labute approximate surface area is 86.5 Å². The fraction of sp³-hybridized carbons (Fsp3) is 0.182. The van der Waals surface area contributed by atoms with E-state index in [1.165, 1.54) is 18.2 Å². The van der Waals surface area contributed by atoms with Gasteiger partial charge in [0.25, 0.3) is 0 Å². The van der Waals surface area contributed by atoms with Crippen LogP contribution in [0.25, 0.3) is 0 Å². The summed E-state index contributed by atoms with van der Waals surface area (Å²) < 4.78 is 17.7. The van der Waals surface area contributed by atoms with E-state index in [9.17, 15) is 9.18 Å². The lowest BCUT2D eigenvalue weighted by molar-refractivity contribution is -0.136. The summed E-state index contributed by atoms with van der Waals surface area (Å²) in [4.78, 5) is 10.8. The van der Waals surface area contributed by atoms with Crippen LogP contribution in [-0.4, -0.2) is 17.7 Å². The molecule has 4 heteroatoms. The first-order chi connectivity index (χ1) is 7.15. The van der Waals surface area contributed by atoms with E-state index in [1.807, 2.05) is 0 Å². The van der Waals surface area contributed by atoms with Crippen molar-refractivity contribution in [2.45, 2.75) is 6.92 Å². The third kappa shape index (κ3) is 2.99. The summed E-state index contributed by atoms with van der Waals surface area (Å²) in [6.07, 6.45) is 0. The molecule has 0 saturated carbocycles. The van der Waals surface area contributed by atoms with Crippen LogP contribution in [0.2, 0.25) is 0 Å². The molecule has 0 aliphatic rings. The van der Waals surface area contributed by atoms with Gasteiger partial charge in [-0.3, -0.25) is 0 Å². The van der Waals surface area contributed by atoms with Crippen molar-refractivity contribution < 1.29 is 19.0 Å². The number of phenols is 1. The van der Waals surface area contributed by atoms with Gasteiger partial charge in [-0.25, -0.2) is 9.18 Å². The molecule has 78 valence electrons. The lowest BCUT2D eigenvalue weighted by Crippen LogP contribution is -1.99. The van der Waals surface area contributed by atoms with E-state index >= 15 is 0 Å². The minimum absolute atomic E-state index is 0.0388. The van der Waals surface area contributed by atoms with Crippen molar-refractivity contribution in [2.75, 3.05) is 6.61 Å². The Hall–Kier alpha value is -2.02. The van der Waals surface area contributed by atoms with E-state index in [4.69, 9.17) is 5.11 Å². The van der Waals surface area contributed by atoms with Crippen LogP contribution in [0.4, 0.5) is 4.39 Å². The molecule has 0 unspecified atom stereocenters. The molecule has 0 radical (unpaired) electrons. The van der Waals surface area contributed by atoms with Gasteiger partial charge in [0, 0.05) is 5.92 Å². The van der Waals surface area contributed by atoms with Crippen LogP contribution in [0.15, 0.2) is 18.2 Å². The molecule has 1 rings (SSSR count). The second kappa shape index (κ2) is 5.01. The summed E-state index contributed by atoms with van der Waals surface area (Å²) in [5, 5.41) is 9.01. The topological polar surface area (TPSA) is 46.5 Å². The summed E-state index contributed by atoms with van der Waals surface area (Å²) in [6.45, 7) is 1.87. The monoisotopic (exact) mass is 208 g/mol. The molecule has 0 aliphatic carbocycles. The van der Waals surface area contributed by atoms with E-state index in [0.29, 0.717) is 0 Å². The average Bonchev–Trinajstić information content (AvgIpc) is 2.21. The number of halogens is 1. The number of ether oxygens (including phenoxy) is 1. The van der Waals surface area contributed by atoms with Crippen molar-refractivity contribution in [3.05, 3.63) is 29.6 Å². The summed E-state index contributed by atoms with van der Waals surface area (Å²) in [7, 11) is 0. The lowest BCUT2D eigenvalue weighted by atomic mass is 10.2. The molecule has 0 atom stereocenters. The minimum Gasteiger partial charge on any atom is -0.505 e. The van der Waals surface area contributed by atoms with Gasteiger partial charge in [-0.05, 0) is 19.1 Å². The van der Waals surface area contributed by atoms with Crippen molar-refractivity contribution in [3.8, 4) is 17.6 Å². The van der Waals surface area contributed by atoms with Crippen molar-refractivity contribution in [3.63, 3.8) is 0 Å². The SMILES string of the molecule is CCOC(=O)C#Cc1cccc(O)c1F. The number of aromatic hydroxyl groups is 1. The third-order valence-corrected chi connectivity index (χ3v) is 1.55. The summed E-state index contributed by atoms with van der Waals surface area (Å²) in [6, 6.07) is 4.00. The fourth-order valence-electron chi connectivity index (χ4n) is 0.902. The van der Waals surface area contributed by atoms with Crippen molar-refractivity contribution in [1.29, 1.82) is 0 Å². The summed E-state index contributed by atoms with van der Waals surface area (Å²) in [5.74, 6) is 2.33. The zero-order valence-corrected chi connectivity index (χ0v) is 8.08. The number of carbonyl (C=O) groups is 1. The predicted molar refractivity (Wildman–Crippen MR) is 51.6 cm³/mol. The second-order valence-electron chi connectivity index (χ2n) is 2.61. The number of phenolic OH excluding ortho intramolecular Hbond substituents is 1. The number of rotatable bonds is 1. The second-order valence-corrected chi connectivity index (χ2v) is 2.61. The van der Waals surface area contributed by atoms with Crippen molar-refractivity contribution >= 4 is 5.97 Å². The smallest absolute Gasteiger partial charge is 0.384 e. The Morgan fingerprint density at radius 3 is 3.00 bits per heavy atom. The van der Waals surface area contributed by atoms with Gasteiger partial charge >= 0.3 is 5.97 Å². The maximum atomic E-state index is 13.1. The highest BCUT2D eigenvalue weighted by atomic mass is 19.1. The van der Waals surface area contributed by atoms with Crippen LogP contribution in [0.3, 0.4) is 0 Å². The molecular formula is C11H9FO3. The molecule has 0 aliphatic heterocycles. The summed E-state index contributed by atoms with van der Waals surface area (Å²) in [5.41, 5.74) is -0.0388. The third-order valence-electron chi connectivity index (χ3n) is 1.55. The normalized spacial score (nSPS) is 8.93. The molecule has 15 heavy (non-hydrogen) atoms. The van der Waals surface area contributed by atoms with Gasteiger partial charge in [-0.15, -0.1) is 0 Å². The Kier molecular flexibility index (Phi) is 3.69. The van der Waals surface area contributed by atoms with Crippen LogP contribution in [0, 0.1) is 17.7 Å². The minimum atomic E-state index is -0.839. The van der Waals surface area contributed by atoms with Crippen LogP contribution >= 0.6 is 0 Å². The summed E-state index contributed by atoms with van der Waals surface area (Å²) >= 11 is 0. The quantitative estimate of drug-likeness (QED) is 0.561. The Morgan fingerprint density at radius 1 is 1.60 bits per heavy atom. The Balaban J connectivity index is 2.89. The van der Waals surface area contributed by atoms with Gasteiger partial charge < -0.3 is 9.84 Å². The molecule has 1 aromatic rings. The maximum absolute atomic E-state index is 13.1. The van der Waals surface area contributed by atoms with Gasteiger partial charge in [0.05, 0.1) is 12.2 Å². The van der Waals surface area contributed by atoms with Crippen LogP contribution < -0.4 is 0 Å². The van der Waals surface area contributed by atoms with Crippen molar-refractivity contribution in [2.24, 2.45) is 0 Å². The number of benzene rings is 1. The number of hydrogen-bond acceptors (Lipinski definition) is 3. The molecule has 3 nitrogen and oxygen atoms in total. The molecule has 0 spiro atoms. The van der Waals surface area contributed by atoms with E-state index in [-0.39, 0.29) is 12.2 Å². The van der Waals surface area contributed by atoms with Gasteiger partial charge in [-0.2, -0.15) is 0 Å². The highest BCUT2D eigenvalue weighted by Crippen LogP contribution is 2.17. The Bertz CT molecular complexity index is 429. The van der Waals surface area contributed by atoms with E-state index in [1.54, 1.807) is 6.92 Å². The van der Waals surface area contributed by atoms with Crippen LogP contribution in [0.1, 0.15) is 12.5 Å². The molecule has 1 aromatic carbocycles. The standard InChI is InChI=1S/C11H9FO3/c1-2-15-10(14)7-6-8-4-3-5-9(13)11(8)12/h3-5,13H,2H2,1H3. The van der Waals surface area contributed by atoms with Crippen LogP contribution in [0.5, 0.6) is 5.75 Å². The highest BCUT2D eigenvalue weighted by Gasteiger charge is 2.04. The lowest BCUT2D eigenvalue weighted by Gasteiger charge is -1.96. The van der Waals surface area contributed by atoms with Gasteiger partial charge in [0.15, 0.2) is 11.6 Å². The molecule has 0 fully saturated rings. The predicted octanol–water partition coefficient (Wildman–Crippen LogP) is 1.45. The van der Waals surface area contributed by atoms with E-state index in [0.717, 1.165) is 0 Å². The molecule has 0 aromatic heterocycles. The number of esters is 1. The molecule has 0 bridgehead atoms. The van der Waals surface area contributed by atoms with Crippen LogP contribution in [-0.2, 0) is 9.53 Å². The average molecular weight is 208 g/mol. The van der Waals surface area contributed by atoms with E-state index < -0.39 is 17.5 Å². The van der Waals surface area contributed by atoms with E-state index in [2.05, 4.69) is 16.6 Å². The van der Waals surface area contributed by atoms with Gasteiger partial charge in [0.1, 0.15) is 0 Å². The first kappa shape index (κ1) is 11.1. The number of carbonyl (C=O) groups excluding carboxylic acids is 1. The van der Waals surface area contributed by atoms with Gasteiger partial charge in [0.2, 0.25) is 0 Å². The first-order valence-electron chi connectivity index (χ1n) is 4.31. The zero-order chi connectivity index (χ0) is 11.3. The van der Waals surface area contributed by atoms with Gasteiger partial charge in [-0.1, -0.05) is 12.0 Å². The Morgan fingerprint density at radius 2 is 2.33 bits per heavy atom. The largest absolute Gasteiger partial charge is 0.505 e. The highest BCUT2D eigenvalue weighted by molar-refractivity contribution is 5.89. The molecule has 1 N–H and O–H groups in total. The first-order valence-corrected chi connectivity index (χ1v) is 4.31. The maximum Gasteiger partial charge on any atom is 0.384 e. The fourth-order valence-corrected chi connectivity index (χ4v) is 0.902.